The van der Waals surface area contributed by atoms with Gasteiger partial charge < -0.3 is 20.7 Å². The summed E-state index contributed by atoms with van der Waals surface area (Å²) >= 11 is 1.87. The predicted octanol–water partition coefficient (Wildman–Crippen LogP) is 0.600. The van der Waals surface area contributed by atoms with Crippen LogP contribution in [0.15, 0.2) is 12.5 Å². The number of carboxylic acids is 1. The van der Waals surface area contributed by atoms with E-state index in [1.54, 1.807) is 6.20 Å². The monoisotopic (exact) mass is 298 g/mol. The third kappa shape index (κ3) is 4.44. The highest BCUT2D eigenvalue weighted by Gasteiger charge is 2.23. The molecule has 1 aliphatic heterocycles. The zero-order valence-electron chi connectivity index (χ0n) is 11.0. The van der Waals surface area contributed by atoms with Crippen molar-refractivity contribution in [2.45, 2.75) is 31.3 Å². The number of amides is 2. The molecule has 1 aromatic heterocycles. The molecule has 0 spiro atoms. The first-order chi connectivity index (χ1) is 9.65. The van der Waals surface area contributed by atoms with Crippen molar-refractivity contribution in [1.82, 2.24) is 20.6 Å². The van der Waals surface area contributed by atoms with E-state index in [4.69, 9.17) is 5.11 Å². The highest BCUT2D eigenvalue weighted by atomic mass is 32.2. The second-order valence-corrected chi connectivity index (χ2v) is 5.90. The number of imidazole rings is 1. The molecule has 2 amide bonds. The van der Waals surface area contributed by atoms with Crippen LogP contribution in [0.5, 0.6) is 0 Å². The van der Waals surface area contributed by atoms with E-state index in [1.165, 1.54) is 6.33 Å². The maximum absolute atomic E-state index is 11.8. The number of nitrogens with one attached hydrogen (secondary N) is 3. The molecule has 1 aromatic rings. The molecule has 1 unspecified atom stereocenters. The molecule has 0 saturated carbocycles. The Hall–Kier alpha value is -1.70. The fourth-order valence-electron chi connectivity index (χ4n) is 2.04. The van der Waals surface area contributed by atoms with Gasteiger partial charge >= 0.3 is 12.0 Å². The lowest BCUT2D eigenvalue weighted by Gasteiger charge is -2.23. The molecule has 20 heavy (non-hydrogen) atoms. The number of aliphatic carboxylic acids is 1. The van der Waals surface area contributed by atoms with E-state index < -0.39 is 18.0 Å². The molecule has 2 heterocycles. The van der Waals surface area contributed by atoms with Crippen LogP contribution in [0.4, 0.5) is 4.79 Å². The smallest absolute Gasteiger partial charge is 0.326 e. The van der Waals surface area contributed by atoms with Crippen LogP contribution in [0.2, 0.25) is 0 Å². The van der Waals surface area contributed by atoms with Crippen molar-refractivity contribution in [3.05, 3.63) is 18.2 Å². The van der Waals surface area contributed by atoms with E-state index in [-0.39, 0.29) is 12.5 Å². The molecule has 0 bridgehead atoms. The van der Waals surface area contributed by atoms with Gasteiger partial charge in [0.05, 0.1) is 6.33 Å². The third-order valence-electron chi connectivity index (χ3n) is 3.14. The van der Waals surface area contributed by atoms with Crippen molar-refractivity contribution in [3.63, 3.8) is 0 Å². The van der Waals surface area contributed by atoms with Crippen molar-refractivity contribution in [2.24, 2.45) is 0 Å². The zero-order chi connectivity index (χ0) is 14.4. The fraction of sp³-hybridized carbons (Fsp3) is 0.583. The number of nitrogens with zero attached hydrogens (tertiary/aromatic N) is 1. The van der Waals surface area contributed by atoms with Gasteiger partial charge in [-0.2, -0.15) is 11.8 Å². The number of aromatic nitrogens is 2. The van der Waals surface area contributed by atoms with Crippen molar-refractivity contribution < 1.29 is 14.7 Å². The summed E-state index contributed by atoms with van der Waals surface area (Å²) in [5, 5.41) is 14.5. The molecule has 1 fully saturated rings. The standard InChI is InChI=1S/C12H18N4O3S/c17-11(18)10(5-9-6-13-7-14-9)16-12(19)15-8-1-3-20-4-2-8/h6-8,10H,1-5H2,(H,13,14)(H,17,18)(H2,15,16,19). The van der Waals surface area contributed by atoms with E-state index in [9.17, 15) is 9.59 Å². The first-order valence-electron chi connectivity index (χ1n) is 6.50. The molecular weight excluding hydrogens is 280 g/mol. The number of carbonyl (C=O) groups excluding carboxylic acids is 1. The minimum Gasteiger partial charge on any atom is -0.480 e. The summed E-state index contributed by atoms with van der Waals surface area (Å²) in [6.45, 7) is 0. The van der Waals surface area contributed by atoms with E-state index in [1.807, 2.05) is 11.8 Å². The Morgan fingerprint density at radius 1 is 1.50 bits per heavy atom. The number of H-pyrrole nitrogens is 1. The van der Waals surface area contributed by atoms with Gasteiger partial charge in [0.15, 0.2) is 0 Å². The number of rotatable bonds is 5. The van der Waals surface area contributed by atoms with Crippen LogP contribution < -0.4 is 10.6 Å². The van der Waals surface area contributed by atoms with Crippen LogP contribution in [0, 0.1) is 0 Å². The Balaban J connectivity index is 1.83. The molecule has 8 heteroatoms. The highest BCUT2D eigenvalue weighted by Crippen LogP contribution is 2.16. The van der Waals surface area contributed by atoms with Gasteiger partial charge in [0.25, 0.3) is 0 Å². The normalized spacial score (nSPS) is 17.4. The molecule has 1 atom stereocenters. The van der Waals surface area contributed by atoms with Gasteiger partial charge in [-0.3, -0.25) is 0 Å². The first-order valence-corrected chi connectivity index (χ1v) is 7.65. The SMILES string of the molecule is O=C(NC1CCSCC1)NC(Cc1cnc[nH]1)C(=O)O. The lowest BCUT2D eigenvalue weighted by atomic mass is 10.1. The van der Waals surface area contributed by atoms with Crippen LogP contribution in [-0.4, -0.2) is 50.7 Å². The van der Waals surface area contributed by atoms with Gasteiger partial charge in [-0.15, -0.1) is 0 Å². The van der Waals surface area contributed by atoms with Gasteiger partial charge in [-0.05, 0) is 24.3 Å². The number of thioether (sulfide) groups is 1. The van der Waals surface area contributed by atoms with E-state index in [2.05, 4.69) is 20.6 Å². The Labute approximate surface area is 120 Å². The maximum Gasteiger partial charge on any atom is 0.326 e. The summed E-state index contributed by atoms with van der Waals surface area (Å²) in [6.07, 6.45) is 5.07. The van der Waals surface area contributed by atoms with E-state index in [0.29, 0.717) is 5.69 Å². The molecule has 1 saturated heterocycles. The fourth-order valence-corrected chi connectivity index (χ4v) is 3.15. The number of hydrogen-bond donors (Lipinski definition) is 4. The minimum atomic E-state index is -1.06. The molecule has 7 nitrogen and oxygen atoms in total. The van der Waals surface area contributed by atoms with Gasteiger partial charge in [0.2, 0.25) is 0 Å². The van der Waals surface area contributed by atoms with E-state index in [0.717, 1.165) is 24.3 Å². The van der Waals surface area contributed by atoms with Crippen LogP contribution >= 0.6 is 11.8 Å². The Bertz CT molecular complexity index is 446. The van der Waals surface area contributed by atoms with Crippen LogP contribution in [-0.2, 0) is 11.2 Å². The van der Waals surface area contributed by atoms with E-state index >= 15 is 0 Å². The third-order valence-corrected chi connectivity index (χ3v) is 4.19. The zero-order valence-corrected chi connectivity index (χ0v) is 11.8. The van der Waals surface area contributed by atoms with Crippen molar-refractivity contribution >= 4 is 23.8 Å². The summed E-state index contributed by atoms with van der Waals surface area (Å²) in [6, 6.07) is -1.25. The summed E-state index contributed by atoms with van der Waals surface area (Å²) in [5.41, 5.74) is 0.673. The Kier molecular flexibility index (Phi) is 5.28. The number of hydrogen-bond acceptors (Lipinski definition) is 4. The van der Waals surface area contributed by atoms with Gasteiger partial charge in [0.1, 0.15) is 6.04 Å². The van der Waals surface area contributed by atoms with Crippen molar-refractivity contribution in [2.75, 3.05) is 11.5 Å². The van der Waals surface area contributed by atoms with Crippen LogP contribution in [0.3, 0.4) is 0 Å². The summed E-state index contributed by atoms with van der Waals surface area (Å²) in [7, 11) is 0. The second kappa shape index (κ2) is 7.18. The minimum absolute atomic E-state index is 0.137. The molecule has 2 rings (SSSR count). The van der Waals surface area contributed by atoms with Crippen molar-refractivity contribution in [1.29, 1.82) is 0 Å². The number of urea groups is 1. The number of carboxylic acid groups (broad SMARTS) is 1. The Morgan fingerprint density at radius 3 is 2.85 bits per heavy atom. The predicted molar refractivity (Wildman–Crippen MR) is 75.7 cm³/mol. The average molecular weight is 298 g/mol. The van der Waals surface area contributed by atoms with Gasteiger partial charge in [0, 0.05) is 24.4 Å². The molecule has 0 aliphatic carbocycles. The summed E-state index contributed by atoms with van der Waals surface area (Å²) in [5.74, 6) is 0.997. The summed E-state index contributed by atoms with van der Waals surface area (Å²) in [4.78, 5) is 29.7. The quantitative estimate of drug-likeness (QED) is 0.637. The average Bonchev–Trinajstić information content (AvgIpc) is 2.92. The first kappa shape index (κ1) is 14.7. The number of aromatic amines is 1. The maximum atomic E-state index is 11.8. The molecular formula is C12H18N4O3S. The highest BCUT2D eigenvalue weighted by molar-refractivity contribution is 7.99. The molecule has 1 aliphatic rings. The molecule has 0 radical (unpaired) electrons. The largest absolute Gasteiger partial charge is 0.480 e. The molecule has 0 aromatic carbocycles. The summed E-state index contributed by atoms with van der Waals surface area (Å²) < 4.78 is 0. The number of carbonyl (C=O) groups is 2. The lowest BCUT2D eigenvalue weighted by molar-refractivity contribution is -0.139. The molecule has 110 valence electrons. The second-order valence-electron chi connectivity index (χ2n) is 4.68. The van der Waals surface area contributed by atoms with Crippen molar-refractivity contribution in [3.8, 4) is 0 Å². The Morgan fingerprint density at radius 2 is 2.25 bits per heavy atom. The van der Waals surface area contributed by atoms with Gasteiger partial charge in [-0.1, -0.05) is 0 Å². The molecule has 4 N–H and O–H groups in total. The van der Waals surface area contributed by atoms with Crippen LogP contribution in [0.1, 0.15) is 18.5 Å². The van der Waals surface area contributed by atoms with Gasteiger partial charge in [-0.25, -0.2) is 14.6 Å². The van der Waals surface area contributed by atoms with Crippen LogP contribution in [0.25, 0.3) is 0 Å². The lowest BCUT2D eigenvalue weighted by Crippen LogP contribution is -2.50. The topological polar surface area (TPSA) is 107 Å².